The summed E-state index contributed by atoms with van der Waals surface area (Å²) >= 11 is 0. The van der Waals surface area contributed by atoms with Crippen LogP contribution in [0.3, 0.4) is 0 Å². The first-order valence-corrected chi connectivity index (χ1v) is 23.2. The van der Waals surface area contributed by atoms with Gasteiger partial charge in [-0.2, -0.15) is 0 Å². The fraction of sp³-hybridized carbons (Fsp3) is 0.0645. The summed E-state index contributed by atoms with van der Waals surface area (Å²) in [5, 5.41) is 12.0. The molecule has 9 aromatic carbocycles. The molecule has 310 valence electrons. The number of rotatable bonds is 4. The number of aromatic nitrogens is 2. The molecule has 2 aliphatic carbocycles. The third-order valence-corrected chi connectivity index (χ3v) is 14.7. The fourth-order valence-corrected chi connectivity index (χ4v) is 11.9. The molecule has 0 N–H and O–H groups in total. The van der Waals surface area contributed by atoms with Crippen molar-refractivity contribution >= 4 is 99.2 Å². The lowest BCUT2D eigenvalue weighted by atomic mass is 9.84. The topological polar surface area (TPSA) is 36.1 Å². The molecule has 13 aromatic rings. The van der Waals surface area contributed by atoms with Crippen molar-refractivity contribution in [3.8, 4) is 33.6 Å². The molecule has 0 saturated carbocycles. The molecular formula is C62H40N2O2. The highest BCUT2D eigenvalue weighted by Crippen LogP contribution is 2.50. The molecule has 4 heteroatoms. The van der Waals surface area contributed by atoms with E-state index in [1.54, 1.807) is 0 Å². The van der Waals surface area contributed by atoms with E-state index in [4.69, 9.17) is 8.83 Å². The van der Waals surface area contributed by atoms with Gasteiger partial charge in [-0.25, -0.2) is 0 Å². The monoisotopic (exact) mass is 844 g/mol. The Bertz CT molecular complexity index is 3910. The third-order valence-electron chi connectivity index (χ3n) is 14.7. The van der Waals surface area contributed by atoms with Crippen LogP contribution in [0.25, 0.3) is 133 Å². The molecule has 0 bridgehead atoms. The number of allylic oxidation sites excluding steroid dienone is 2. The smallest absolute Gasteiger partial charge is 0.142 e. The van der Waals surface area contributed by atoms with Gasteiger partial charge in [-0.05, 0) is 108 Å². The number of nitrogens with zero attached hydrogens (tertiary/aromatic N) is 2. The van der Waals surface area contributed by atoms with Gasteiger partial charge in [0.05, 0.1) is 22.1 Å². The highest BCUT2D eigenvalue weighted by atomic mass is 16.3. The van der Waals surface area contributed by atoms with Crippen LogP contribution >= 0.6 is 0 Å². The van der Waals surface area contributed by atoms with Crippen LogP contribution in [0.4, 0.5) is 0 Å². The molecule has 66 heavy (non-hydrogen) atoms. The SMILES string of the molecule is C1=Cc2oc3c(-c4c5ccc(-n6c7ccccc7c7ccccc76)cc5c(-c5cccc6c7c(oc56)C=CCC7)c5ccc(-n6c7ccccc7c7ccccc76)cc45)cccc3c2CC1. The van der Waals surface area contributed by atoms with E-state index >= 15 is 0 Å². The van der Waals surface area contributed by atoms with E-state index < -0.39 is 0 Å². The second-order valence-corrected chi connectivity index (χ2v) is 18.1. The van der Waals surface area contributed by atoms with Crippen molar-refractivity contribution in [3.63, 3.8) is 0 Å². The summed E-state index contributed by atoms with van der Waals surface area (Å²) in [6, 6.07) is 62.9. The summed E-state index contributed by atoms with van der Waals surface area (Å²) in [5.41, 5.74) is 15.9. The molecule has 0 unspecified atom stereocenters. The van der Waals surface area contributed by atoms with E-state index in [0.717, 1.165) is 104 Å². The molecule has 0 fully saturated rings. The zero-order valence-electron chi connectivity index (χ0n) is 36.0. The predicted octanol–water partition coefficient (Wildman–Crippen LogP) is 16.9. The average molecular weight is 845 g/mol. The predicted molar refractivity (Wildman–Crippen MR) is 275 cm³/mol. The van der Waals surface area contributed by atoms with Gasteiger partial charge in [0, 0.05) is 77.1 Å². The highest BCUT2D eigenvalue weighted by molar-refractivity contribution is 6.26. The van der Waals surface area contributed by atoms with Crippen molar-refractivity contribution in [2.75, 3.05) is 0 Å². The number of furan rings is 2. The molecule has 0 aliphatic heterocycles. The lowest BCUT2D eigenvalue weighted by Gasteiger charge is -2.21. The minimum Gasteiger partial charge on any atom is -0.456 e. The Morgan fingerprint density at radius 3 is 1.12 bits per heavy atom. The van der Waals surface area contributed by atoms with Crippen LogP contribution in [0.2, 0.25) is 0 Å². The van der Waals surface area contributed by atoms with E-state index in [-0.39, 0.29) is 0 Å². The first kappa shape index (κ1) is 36.0. The maximum atomic E-state index is 6.97. The number of benzene rings is 9. The largest absolute Gasteiger partial charge is 0.456 e. The minimum atomic E-state index is 0.936. The van der Waals surface area contributed by atoms with Gasteiger partial charge in [-0.1, -0.05) is 133 Å². The summed E-state index contributed by atoms with van der Waals surface area (Å²) in [4.78, 5) is 0. The van der Waals surface area contributed by atoms with Crippen LogP contribution in [0.1, 0.15) is 35.5 Å². The Labute approximate surface area is 379 Å². The van der Waals surface area contributed by atoms with Crippen molar-refractivity contribution in [2.24, 2.45) is 0 Å². The molecule has 4 aromatic heterocycles. The van der Waals surface area contributed by atoms with Gasteiger partial charge in [0.1, 0.15) is 22.7 Å². The summed E-state index contributed by atoms with van der Waals surface area (Å²) in [6.45, 7) is 0. The van der Waals surface area contributed by atoms with Crippen LogP contribution in [0.15, 0.2) is 191 Å². The number of hydrogen-bond donors (Lipinski definition) is 0. The molecule has 0 saturated heterocycles. The maximum Gasteiger partial charge on any atom is 0.142 e. The normalized spacial score (nSPS) is 13.7. The molecular weight excluding hydrogens is 805 g/mol. The highest BCUT2D eigenvalue weighted by Gasteiger charge is 2.26. The standard InChI is InChI=1S/C62H40N2O2/c1-7-25-53-39(15-1)40-16-2-8-26-54(40)63(53)37-31-33-45-51(35-37)59(49-23-13-21-47-43-19-5-11-29-57(43)65-61(47)49)46-34-32-38(64-55-27-9-3-17-41(55)42-18-4-10-28-56(42)64)36-52(46)60(45)50-24-14-22-48-44-20-6-12-30-58(44)66-62(48)50/h1-4,7-18,21-36H,5-6,19-20H2. The molecule has 0 spiro atoms. The summed E-state index contributed by atoms with van der Waals surface area (Å²) in [7, 11) is 0. The minimum absolute atomic E-state index is 0.936. The fourth-order valence-electron chi connectivity index (χ4n) is 11.9. The van der Waals surface area contributed by atoms with Crippen LogP contribution in [-0.4, -0.2) is 9.13 Å². The van der Waals surface area contributed by atoms with Crippen molar-refractivity contribution in [1.29, 1.82) is 0 Å². The van der Waals surface area contributed by atoms with E-state index in [2.05, 4.69) is 203 Å². The molecule has 2 aliphatic rings. The zero-order chi connectivity index (χ0) is 43.0. The number of fused-ring (bicyclic) bond motifs is 14. The van der Waals surface area contributed by atoms with Crippen LogP contribution in [0.5, 0.6) is 0 Å². The van der Waals surface area contributed by atoms with Crippen molar-refractivity contribution in [3.05, 3.63) is 205 Å². The molecule has 0 radical (unpaired) electrons. The van der Waals surface area contributed by atoms with Crippen LogP contribution in [0, 0.1) is 0 Å². The molecule has 0 amide bonds. The Hall–Kier alpha value is -8.34. The number of para-hydroxylation sites is 6. The van der Waals surface area contributed by atoms with Gasteiger partial charge in [0.25, 0.3) is 0 Å². The van der Waals surface area contributed by atoms with Gasteiger partial charge in [0.2, 0.25) is 0 Å². The Kier molecular flexibility index (Phi) is 7.42. The van der Waals surface area contributed by atoms with Gasteiger partial charge >= 0.3 is 0 Å². The third kappa shape index (κ3) is 4.93. The number of hydrogen-bond acceptors (Lipinski definition) is 2. The van der Waals surface area contributed by atoms with E-state index in [9.17, 15) is 0 Å². The second-order valence-electron chi connectivity index (χ2n) is 18.1. The Balaban J connectivity index is 1.13. The van der Waals surface area contributed by atoms with Gasteiger partial charge in [0.15, 0.2) is 0 Å². The maximum absolute atomic E-state index is 6.97. The lowest BCUT2D eigenvalue weighted by molar-refractivity contribution is 0.596. The quantitative estimate of drug-likeness (QED) is 0.165. The van der Waals surface area contributed by atoms with Crippen molar-refractivity contribution in [1.82, 2.24) is 9.13 Å². The van der Waals surface area contributed by atoms with E-state index in [1.165, 1.54) is 65.5 Å². The van der Waals surface area contributed by atoms with Crippen LogP contribution in [-0.2, 0) is 12.8 Å². The molecule has 0 atom stereocenters. The molecule has 15 rings (SSSR count). The second kappa shape index (κ2) is 13.6. The molecule has 4 heterocycles. The Morgan fingerprint density at radius 2 is 0.712 bits per heavy atom. The van der Waals surface area contributed by atoms with Gasteiger partial charge in [-0.3, -0.25) is 0 Å². The zero-order valence-corrected chi connectivity index (χ0v) is 36.0. The van der Waals surface area contributed by atoms with E-state index in [0.29, 0.717) is 0 Å². The summed E-state index contributed by atoms with van der Waals surface area (Å²) in [5.74, 6) is 1.94. The first-order valence-electron chi connectivity index (χ1n) is 23.2. The lowest BCUT2D eigenvalue weighted by Crippen LogP contribution is -1.98. The van der Waals surface area contributed by atoms with Gasteiger partial charge < -0.3 is 18.0 Å². The van der Waals surface area contributed by atoms with Crippen molar-refractivity contribution in [2.45, 2.75) is 25.7 Å². The van der Waals surface area contributed by atoms with Crippen LogP contribution < -0.4 is 0 Å². The summed E-state index contributed by atoms with van der Waals surface area (Å²) < 4.78 is 18.8. The van der Waals surface area contributed by atoms with E-state index in [1.807, 2.05) is 0 Å². The van der Waals surface area contributed by atoms with Gasteiger partial charge in [-0.15, -0.1) is 0 Å². The Morgan fingerprint density at radius 1 is 0.333 bits per heavy atom. The molecule has 4 nitrogen and oxygen atoms in total. The van der Waals surface area contributed by atoms with Crippen molar-refractivity contribution < 1.29 is 8.83 Å². The number of aryl methyl sites for hydroxylation is 2. The first-order chi connectivity index (χ1) is 32.8. The summed E-state index contributed by atoms with van der Waals surface area (Å²) in [6.07, 6.45) is 12.8. The average Bonchev–Trinajstić information content (AvgIpc) is 4.14.